The summed E-state index contributed by atoms with van der Waals surface area (Å²) in [5.41, 5.74) is 2.04. The van der Waals surface area contributed by atoms with E-state index >= 15 is 0 Å². The molecule has 0 spiro atoms. The van der Waals surface area contributed by atoms with Crippen LogP contribution in [0.2, 0.25) is 0 Å². The lowest BCUT2D eigenvalue weighted by atomic mass is 10.1. The number of nitrogens with one attached hydrogen (secondary N) is 3. The van der Waals surface area contributed by atoms with Crippen LogP contribution in [-0.2, 0) is 0 Å². The van der Waals surface area contributed by atoms with Gasteiger partial charge >= 0.3 is 0 Å². The fraction of sp³-hybridized carbons (Fsp3) is 0.296. The Morgan fingerprint density at radius 2 is 2.03 bits per heavy atom. The van der Waals surface area contributed by atoms with Crippen molar-refractivity contribution in [1.29, 1.82) is 0 Å². The molecule has 0 bridgehead atoms. The van der Waals surface area contributed by atoms with E-state index in [9.17, 15) is 9.59 Å². The number of hydrogen-bond donors (Lipinski definition) is 3. The van der Waals surface area contributed by atoms with Gasteiger partial charge in [-0.05, 0) is 68.1 Å². The standard InChI is InChI=1S/C27H28IN7O3/c1-16(28)35-11-3-4-20(35)13-31-26(36)17-5-7-19(8-6-17)32-25-24-18(9-10-30-27(24)37)12-21(34-25)22-14-29-15-23(33-22)38-2/h5-10,12,14-16,20H,3-4,11,13H2,1-2H3,(H,30,37)(H,31,36)(H,32,34)/t16?,20-/m1/s1. The molecule has 10 nitrogen and oxygen atoms in total. The highest BCUT2D eigenvalue weighted by atomic mass is 127. The van der Waals surface area contributed by atoms with E-state index in [4.69, 9.17) is 4.74 Å². The summed E-state index contributed by atoms with van der Waals surface area (Å²) in [5, 5.41) is 7.43. The summed E-state index contributed by atoms with van der Waals surface area (Å²) in [6, 6.07) is 11.1. The molecule has 3 aromatic heterocycles. The van der Waals surface area contributed by atoms with Crippen LogP contribution in [0.3, 0.4) is 0 Å². The first-order chi connectivity index (χ1) is 18.4. The number of amides is 1. The predicted octanol–water partition coefficient (Wildman–Crippen LogP) is 4.11. The molecule has 1 amide bonds. The molecule has 38 heavy (non-hydrogen) atoms. The highest BCUT2D eigenvalue weighted by molar-refractivity contribution is 14.1. The fourth-order valence-corrected chi connectivity index (χ4v) is 5.44. The first-order valence-corrected chi connectivity index (χ1v) is 13.6. The van der Waals surface area contributed by atoms with Crippen LogP contribution in [-0.4, -0.2) is 61.0 Å². The van der Waals surface area contributed by atoms with E-state index in [1.807, 2.05) is 0 Å². The van der Waals surface area contributed by atoms with E-state index in [0.29, 0.717) is 61.7 Å². The van der Waals surface area contributed by atoms with Crippen molar-refractivity contribution in [2.45, 2.75) is 29.9 Å². The third-order valence-electron chi connectivity index (χ3n) is 6.63. The zero-order valence-corrected chi connectivity index (χ0v) is 23.2. The van der Waals surface area contributed by atoms with Gasteiger partial charge in [0.1, 0.15) is 11.5 Å². The highest BCUT2D eigenvalue weighted by Gasteiger charge is 2.27. The molecule has 1 fully saturated rings. The molecule has 5 rings (SSSR count). The van der Waals surface area contributed by atoms with Crippen LogP contribution in [0, 0.1) is 0 Å². The van der Waals surface area contributed by atoms with Crippen LogP contribution < -0.4 is 20.9 Å². The topological polar surface area (TPSA) is 125 Å². The van der Waals surface area contributed by atoms with Gasteiger partial charge in [0, 0.05) is 30.0 Å². The van der Waals surface area contributed by atoms with Gasteiger partial charge in [-0.15, -0.1) is 0 Å². The average Bonchev–Trinajstić information content (AvgIpc) is 3.41. The summed E-state index contributed by atoms with van der Waals surface area (Å²) >= 11 is 2.42. The molecule has 1 aliphatic rings. The predicted molar refractivity (Wildman–Crippen MR) is 155 cm³/mol. The Labute approximate surface area is 233 Å². The van der Waals surface area contributed by atoms with Crippen LogP contribution in [0.4, 0.5) is 11.5 Å². The van der Waals surface area contributed by atoms with Gasteiger partial charge in [0.25, 0.3) is 11.5 Å². The number of carbonyl (C=O) groups is 1. The van der Waals surface area contributed by atoms with E-state index in [1.54, 1.807) is 48.8 Å². The summed E-state index contributed by atoms with van der Waals surface area (Å²) in [6.45, 7) is 3.88. The Balaban J connectivity index is 1.36. The van der Waals surface area contributed by atoms with Crippen LogP contribution >= 0.6 is 22.6 Å². The second kappa shape index (κ2) is 11.4. The number of methoxy groups -OCH3 is 1. The smallest absolute Gasteiger partial charge is 0.259 e. The van der Waals surface area contributed by atoms with Crippen LogP contribution in [0.15, 0.2) is 59.8 Å². The zero-order chi connectivity index (χ0) is 26.6. The van der Waals surface area contributed by atoms with Crippen molar-refractivity contribution in [2.75, 3.05) is 25.5 Å². The number of aromatic nitrogens is 4. The number of pyridine rings is 2. The van der Waals surface area contributed by atoms with E-state index in [1.165, 1.54) is 13.3 Å². The van der Waals surface area contributed by atoms with E-state index < -0.39 is 0 Å². The van der Waals surface area contributed by atoms with Crippen molar-refractivity contribution in [1.82, 2.24) is 30.2 Å². The first-order valence-electron chi connectivity index (χ1n) is 12.4. The Kier molecular flexibility index (Phi) is 7.84. The molecule has 1 saturated heterocycles. The number of nitrogens with zero attached hydrogens (tertiary/aromatic N) is 4. The molecule has 196 valence electrons. The van der Waals surface area contributed by atoms with Crippen molar-refractivity contribution in [2.24, 2.45) is 0 Å². The number of alkyl halides is 1. The van der Waals surface area contributed by atoms with Crippen LogP contribution in [0.5, 0.6) is 5.88 Å². The maximum Gasteiger partial charge on any atom is 0.259 e. The van der Waals surface area contributed by atoms with E-state index in [-0.39, 0.29) is 11.5 Å². The lowest BCUT2D eigenvalue weighted by Gasteiger charge is -2.27. The number of likely N-dealkylation sites (tertiary alicyclic amines) is 1. The molecule has 4 heterocycles. The molecule has 2 atom stereocenters. The summed E-state index contributed by atoms with van der Waals surface area (Å²) in [7, 11) is 1.52. The van der Waals surface area contributed by atoms with Gasteiger partial charge in [0.05, 0.1) is 34.6 Å². The largest absolute Gasteiger partial charge is 0.480 e. The highest BCUT2D eigenvalue weighted by Crippen LogP contribution is 2.28. The molecule has 11 heteroatoms. The second-order valence-corrected chi connectivity index (χ2v) is 10.9. The normalized spacial score (nSPS) is 16.3. The third-order valence-corrected chi connectivity index (χ3v) is 7.34. The van der Waals surface area contributed by atoms with Crippen molar-refractivity contribution in [3.05, 3.63) is 70.9 Å². The van der Waals surface area contributed by atoms with Gasteiger partial charge in [0.2, 0.25) is 5.88 Å². The number of aromatic amines is 1. The minimum atomic E-state index is -0.265. The van der Waals surface area contributed by atoms with Crippen molar-refractivity contribution >= 4 is 50.8 Å². The average molecular weight is 625 g/mol. The van der Waals surface area contributed by atoms with Crippen LogP contribution in [0.25, 0.3) is 22.2 Å². The number of carbonyl (C=O) groups excluding carboxylic acids is 1. The number of anilines is 2. The third kappa shape index (κ3) is 5.63. The minimum absolute atomic E-state index is 0.108. The molecule has 3 N–H and O–H groups in total. The van der Waals surface area contributed by atoms with Crippen molar-refractivity contribution in [3.8, 4) is 17.3 Å². The number of ether oxygens (including phenoxy) is 1. The number of rotatable bonds is 8. The Hall–Kier alpha value is -3.58. The Bertz CT molecular complexity index is 1510. The molecular formula is C27H28IN7O3. The summed E-state index contributed by atoms with van der Waals surface area (Å²) < 4.78 is 5.63. The van der Waals surface area contributed by atoms with Gasteiger partial charge in [-0.25, -0.2) is 9.97 Å². The summed E-state index contributed by atoms with van der Waals surface area (Å²) in [4.78, 5) is 43.9. The minimum Gasteiger partial charge on any atom is -0.480 e. The zero-order valence-electron chi connectivity index (χ0n) is 21.1. The van der Waals surface area contributed by atoms with Crippen molar-refractivity contribution in [3.63, 3.8) is 0 Å². The Morgan fingerprint density at radius 1 is 1.21 bits per heavy atom. The van der Waals surface area contributed by atoms with Gasteiger partial charge in [-0.2, -0.15) is 0 Å². The molecule has 1 aliphatic heterocycles. The number of fused-ring (bicyclic) bond motifs is 1. The van der Waals surface area contributed by atoms with Gasteiger partial charge in [-0.1, -0.05) is 22.6 Å². The Morgan fingerprint density at radius 3 is 2.79 bits per heavy atom. The molecule has 0 saturated carbocycles. The lowest BCUT2D eigenvalue weighted by Crippen LogP contribution is -2.42. The molecule has 1 unspecified atom stereocenters. The number of benzene rings is 1. The molecule has 0 aliphatic carbocycles. The van der Waals surface area contributed by atoms with Crippen LogP contribution in [0.1, 0.15) is 30.1 Å². The number of halogens is 1. The molecule has 1 aromatic carbocycles. The molecule has 0 radical (unpaired) electrons. The number of hydrogen-bond acceptors (Lipinski definition) is 8. The molecule has 4 aromatic rings. The summed E-state index contributed by atoms with van der Waals surface area (Å²) in [6.07, 6.45) is 6.95. The molecular weight excluding hydrogens is 597 g/mol. The van der Waals surface area contributed by atoms with Gasteiger partial charge < -0.3 is 20.4 Å². The maximum absolute atomic E-state index is 12.8. The van der Waals surface area contributed by atoms with Gasteiger partial charge in [0.15, 0.2) is 0 Å². The maximum atomic E-state index is 12.8. The monoisotopic (exact) mass is 625 g/mol. The second-order valence-electron chi connectivity index (χ2n) is 9.09. The quantitative estimate of drug-likeness (QED) is 0.152. The van der Waals surface area contributed by atoms with E-state index in [2.05, 4.69) is 65.0 Å². The lowest BCUT2D eigenvalue weighted by molar-refractivity contribution is 0.0940. The van der Waals surface area contributed by atoms with Crippen molar-refractivity contribution < 1.29 is 9.53 Å². The summed E-state index contributed by atoms with van der Waals surface area (Å²) in [5.74, 6) is 0.627. The van der Waals surface area contributed by atoms with Gasteiger partial charge in [-0.3, -0.25) is 19.5 Å². The SMILES string of the molecule is COc1cncc(-c2cc3cc[nH]c(=O)c3c(Nc3ccc(C(=O)NC[C@H]4CCCN4C(C)I)cc3)n2)n1. The number of H-pyrrole nitrogens is 1. The first kappa shape index (κ1) is 26.0. The van der Waals surface area contributed by atoms with E-state index in [0.717, 1.165) is 19.4 Å². The fourth-order valence-electron chi connectivity index (χ4n) is 4.71.